The number of ether oxygens (including phenoxy) is 5. The van der Waals surface area contributed by atoms with Crippen LogP contribution in [0, 0.1) is 6.92 Å². The Morgan fingerprint density at radius 1 is 0.929 bits per heavy atom. The van der Waals surface area contributed by atoms with Crippen molar-refractivity contribution in [1.82, 2.24) is 5.32 Å². The van der Waals surface area contributed by atoms with Crippen molar-refractivity contribution in [1.29, 1.82) is 0 Å². The lowest BCUT2D eigenvalue weighted by atomic mass is 9.95. The minimum Gasteiger partial charge on any atom is -0.462 e. The molecule has 0 aliphatic carbocycles. The fourth-order valence-corrected chi connectivity index (χ4v) is 5.26. The third-order valence-electron chi connectivity index (χ3n) is 7.21. The molecule has 2 saturated heterocycles. The molecule has 0 saturated carbocycles. The number of fused-ring (bicyclic) bond motifs is 2. The Bertz CT molecular complexity index is 1640. The van der Waals surface area contributed by atoms with E-state index in [2.05, 4.69) is 5.32 Å². The molecule has 216 valence electrons. The summed E-state index contributed by atoms with van der Waals surface area (Å²) >= 11 is 0. The van der Waals surface area contributed by atoms with E-state index < -0.39 is 48.5 Å². The second kappa shape index (κ2) is 11.8. The Kier molecular flexibility index (Phi) is 7.75. The van der Waals surface area contributed by atoms with Gasteiger partial charge in [-0.2, -0.15) is 0 Å². The van der Waals surface area contributed by atoms with Gasteiger partial charge in [0.1, 0.15) is 29.6 Å². The molecular weight excluding hydrogens is 542 g/mol. The van der Waals surface area contributed by atoms with E-state index in [1.807, 2.05) is 37.3 Å². The SMILES string of the molecule is CC(=O)NC1C(OC(=O)c2ccccc2)[C@H]2OC(c3ccccc3)OCC2O[C@H]1Oc1ccc2c(C)cc(=O)oc2c1. The Labute approximate surface area is 241 Å². The Balaban J connectivity index is 1.34. The van der Waals surface area contributed by atoms with E-state index in [4.69, 9.17) is 28.1 Å². The molecule has 4 aromatic rings. The van der Waals surface area contributed by atoms with Gasteiger partial charge >= 0.3 is 11.6 Å². The summed E-state index contributed by atoms with van der Waals surface area (Å²) in [5, 5.41) is 3.59. The normalized spacial score (nSPS) is 25.3. The number of carbonyl (C=O) groups is 2. The summed E-state index contributed by atoms with van der Waals surface area (Å²) in [6, 6.07) is 23.4. The number of nitrogens with one attached hydrogen (secondary N) is 1. The van der Waals surface area contributed by atoms with Gasteiger partial charge < -0.3 is 33.4 Å². The van der Waals surface area contributed by atoms with E-state index >= 15 is 0 Å². The first kappa shape index (κ1) is 27.6. The van der Waals surface area contributed by atoms with Crippen LogP contribution < -0.4 is 15.7 Å². The van der Waals surface area contributed by atoms with E-state index in [0.717, 1.165) is 16.5 Å². The molecule has 2 aliphatic rings. The molecule has 3 heterocycles. The van der Waals surface area contributed by atoms with Crippen molar-refractivity contribution in [3.05, 3.63) is 112 Å². The molecule has 6 rings (SSSR count). The molecule has 10 nitrogen and oxygen atoms in total. The third-order valence-corrected chi connectivity index (χ3v) is 7.21. The topological polar surface area (TPSA) is 123 Å². The quantitative estimate of drug-likeness (QED) is 0.270. The summed E-state index contributed by atoms with van der Waals surface area (Å²) in [5.41, 5.74) is 1.74. The van der Waals surface area contributed by atoms with Gasteiger partial charge in [0.25, 0.3) is 0 Å². The van der Waals surface area contributed by atoms with Crippen molar-refractivity contribution in [2.24, 2.45) is 0 Å². The van der Waals surface area contributed by atoms with E-state index in [1.165, 1.54) is 13.0 Å². The summed E-state index contributed by atoms with van der Waals surface area (Å²) in [5.74, 6) is -0.657. The standard InChI is InChI=1S/C32H29NO9/c1-18-15-26(35)39-24-16-22(13-14-23(18)24)38-32-27(33-19(2)34)29(41-30(36)20-9-5-3-6-10-20)28-25(40-32)17-37-31(42-28)21-11-7-4-8-12-21/h3-16,25,27-29,31-32H,17H2,1-2H3,(H,33,34)/t25?,27?,28-,29?,31?,32+/m0/s1. The fourth-order valence-electron chi connectivity index (χ4n) is 5.26. The molecule has 0 radical (unpaired) electrons. The van der Waals surface area contributed by atoms with Crippen LogP contribution in [-0.2, 0) is 23.7 Å². The number of hydrogen-bond donors (Lipinski definition) is 1. The molecule has 1 amide bonds. The Morgan fingerprint density at radius 3 is 2.40 bits per heavy atom. The molecule has 3 aromatic carbocycles. The maximum absolute atomic E-state index is 13.3. The van der Waals surface area contributed by atoms with Gasteiger partial charge in [-0.3, -0.25) is 4.79 Å². The zero-order chi connectivity index (χ0) is 29.2. The highest BCUT2D eigenvalue weighted by Crippen LogP contribution is 2.37. The van der Waals surface area contributed by atoms with E-state index in [-0.39, 0.29) is 12.5 Å². The fraction of sp³-hybridized carbons (Fsp3) is 0.281. The van der Waals surface area contributed by atoms with Gasteiger partial charge in [-0.05, 0) is 36.8 Å². The highest BCUT2D eigenvalue weighted by Gasteiger charge is 2.53. The van der Waals surface area contributed by atoms with Crippen LogP contribution in [0.25, 0.3) is 11.0 Å². The molecule has 42 heavy (non-hydrogen) atoms. The smallest absolute Gasteiger partial charge is 0.338 e. The first-order valence-electron chi connectivity index (χ1n) is 13.6. The lowest BCUT2D eigenvalue weighted by Crippen LogP contribution is -2.68. The Hall–Kier alpha value is -4.51. The molecule has 6 atom stereocenters. The van der Waals surface area contributed by atoms with Gasteiger partial charge in [-0.1, -0.05) is 48.5 Å². The van der Waals surface area contributed by atoms with Crippen LogP contribution in [0.5, 0.6) is 5.75 Å². The number of hydrogen-bond acceptors (Lipinski definition) is 9. The number of esters is 1. The molecule has 2 aliphatic heterocycles. The van der Waals surface area contributed by atoms with E-state index in [0.29, 0.717) is 16.9 Å². The van der Waals surface area contributed by atoms with Gasteiger partial charge in [0.05, 0.1) is 12.2 Å². The van der Waals surface area contributed by atoms with Crippen molar-refractivity contribution in [3.63, 3.8) is 0 Å². The monoisotopic (exact) mass is 571 g/mol. The predicted octanol–water partition coefficient (Wildman–Crippen LogP) is 4.05. The number of benzene rings is 3. The molecular formula is C32H29NO9. The van der Waals surface area contributed by atoms with Gasteiger partial charge in [0.15, 0.2) is 12.4 Å². The summed E-state index contributed by atoms with van der Waals surface area (Å²) in [7, 11) is 0. The van der Waals surface area contributed by atoms with E-state index in [9.17, 15) is 14.4 Å². The van der Waals surface area contributed by atoms with Crippen LogP contribution in [0.2, 0.25) is 0 Å². The first-order valence-corrected chi connectivity index (χ1v) is 13.6. The number of rotatable bonds is 6. The lowest BCUT2D eigenvalue weighted by molar-refractivity contribution is -0.333. The zero-order valence-electron chi connectivity index (χ0n) is 22.9. The summed E-state index contributed by atoms with van der Waals surface area (Å²) in [6.45, 7) is 3.28. The highest BCUT2D eigenvalue weighted by molar-refractivity contribution is 5.89. The van der Waals surface area contributed by atoms with Gasteiger partial charge in [-0.25, -0.2) is 9.59 Å². The number of aryl methyl sites for hydroxylation is 1. The Morgan fingerprint density at radius 2 is 1.67 bits per heavy atom. The van der Waals surface area contributed by atoms with Crippen LogP contribution in [0.1, 0.15) is 34.7 Å². The van der Waals surface area contributed by atoms with E-state index in [1.54, 1.807) is 48.5 Å². The predicted molar refractivity (Wildman–Crippen MR) is 150 cm³/mol. The third kappa shape index (κ3) is 5.78. The largest absolute Gasteiger partial charge is 0.462 e. The molecule has 10 heteroatoms. The summed E-state index contributed by atoms with van der Waals surface area (Å²) in [6.07, 6.45) is -4.37. The van der Waals surface area contributed by atoms with Crippen LogP contribution >= 0.6 is 0 Å². The lowest BCUT2D eigenvalue weighted by Gasteiger charge is -2.48. The van der Waals surface area contributed by atoms with Crippen LogP contribution in [-0.4, -0.2) is 49.1 Å². The summed E-state index contributed by atoms with van der Waals surface area (Å²) in [4.78, 5) is 37.7. The minimum atomic E-state index is -1.11. The van der Waals surface area contributed by atoms with Crippen molar-refractivity contribution < 1.29 is 37.7 Å². The van der Waals surface area contributed by atoms with Crippen LogP contribution in [0.3, 0.4) is 0 Å². The molecule has 0 spiro atoms. The molecule has 0 bridgehead atoms. The molecule has 2 fully saturated rings. The van der Waals surface area contributed by atoms with Crippen molar-refractivity contribution in [2.75, 3.05) is 6.61 Å². The average Bonchev–Trinajstić information content (AvgIpc) is 2.99. The summed E-state index contributed by atoms with van der Waals surface area (Å²) < 4.78 is 36.3. The van der Waals surface area contributed by atoms with Crippen molar-refractivity contribution in [2.45, 2.75) is 50.8 Å². The number of carbonyl (C=O) groups excluding carboxylic acids is 2. The average molecular weight is 572 g/mol. The van der Waals surface area contributed by atoms with Gasteiger partial charge in [-0.15, -0.1) is 0 Å². The highest BCUT2D eigenvalue weighted by atomic mass is 16.8. The second-order valence-corrected chi connectivity index (χ2v) is 10.2. The van der Waals surface area contributed by atoms with Crippen molar-refractivity contribution >= 4 is 22.8 Å². The van der Waals surface area contributed by atoms with Gasteiger partial charge in [0.2, 0.25) is 12.2 Å². The zero-order valence-corrected chi connectivity index (χ0v) is 22.9. The molecule has 4 unspecified atom stereocenters. The van der Waals surface area contributed by atoms with Crippen molar-refractivity contribution in [3.8, 4) is 5.75 Å². The molecule has 1 N–H and O–H groups in total. The molecule has 1 aromatic heterocycles. The number of amides is 1. The maximum atomic E-state index is 13.3. The first-order chi connectivity index (χ1) is 20.4. The minimum absolute atomic E-state index is 0.113. The maximum Gasteiger partial charge on any atom is 0.338 e. The van der Waals surface area contributed by atoms with Gasteiger partial charge in [0, 0.05) is 30.0 Å². The van der Waals surface area contributed by atoms with Crippen LogP contribution in [0.15, 0.2) is 94.1 Å². The van der Waals surface area contributed by atoms with Crippen LogP contribution in [0.4, 0.5) is 0 Å². The second-order valence-electron chi connectivity index (χ2n) is 10.2.